The maximum Gasteiger partial charge on any atom is 0.257 e. The molecule has 0 bridgehead atoms. The van der Waals surface area contributed by atoms with Crippen LogP contribution in [0.2, 0.25) is 0 Å². The lowest BCUT2D eigenvalue weighted by Crippen LogP contribution is -2.72. The summed E-state index contributed by atoms with van der Waals surface area (Å²) in [7, 11) is 0. The molecule has 0 unspecified atom stereocenters. The molecule has 1 spiro atoms. The number of likely N-dealkylation sites (tertiary alicyclic amines) is 1. The topological polar surface area (TPSA) is 49.4 Å². The van der Waals surface area contributed by atoms with E-state index in [1.165, 1.54) is 0 Å². The van der Waals surface area contributed by atoms with E-state index in [0.29, 0.717) is 6.54 Å². The number of carbonyl (C=O) groups excluding carboxylic acids is 2. The molecule has 2 atom stereocenters. The monoisotopic (exact) mass is 278 g/mol. The summed E-state index contributed by atoms with van der Waals surface area (Å²) in [6.07, 6.45) is 1.84. The molecular formula is C14H15ClN2O2. The van der Waals surface area contributed by atoms with Gasteiger partial charge in [-0.05, 0) is 12.5 Å². The average molecular weight is 279 g/mol. The highest BCUT2D eigenvalue weighted by atomic mass is 35.5. The van der Waals surface area contributed by atoms with E-state index in [1.54, 1.807) is 4.90 Å². The number of hydrogen-bond donors (Lipinski definition) is 1. The standard InChI is InChI=1S/C14H15ClN2O2/c1-2-3-8-17-12(18)11(15)14(17)9-6-4-5-7-10(9)16-13(14)19/h4-7,11H,2-3,8H2,1H3,(H,16,19)/t11-,14+/m1/s1. The molecule has 2 aliphatic heterocycles. The molecular weight excluding hydrogens is 264 g/mol. The highest BCUT2D eigenvalue weighted by Crippen LogP contribution is 2.51. The zero-order valence-corrected chi connectivity index (χ0v) is 11.4. The minimum Gasteiger partial charge on any atom is -0.323 e. The SMILES string of the molecule is CCCCN1C(=O)[C@@H](Cl)[C@@]12C(=O)Nc1ccccc12. The van der Waals surface area contributed by atoms with Gasteiger partial charge in [-0.1, -0.05) is 31.5 Å². The summed E-state index contributed by atoms with van der Waals surface area (Å²) in [5, 5.41) is 2.03. The minimum atomic E-state index is -0.996. The molecule has 0 aliphatic carbocycles. The fourth-order valence-electron chi connectivity index (χ4n) is 2.95. The van der Waals surface area contributed by atoms with E-state index in [4.69, 9.17) is 11.6 Å². The number of halogens is 1. The van der Waals surface area contributed by atoms with Crippen LogP contribution in [-0.4, -0.2) is 28.6 Å². The molecule has 0 radical (unpaired) electrons. The third-order valence-corrected chi connectivity index (χ3v) is 4.45. The summed E-state index contributed by atoms with van der Waals surface area (Å²) in [6, 6.07) is 7.43. The zero-order chi connectivity index (χ0) is 13.6. The molecule has 2 heterocycles. The van der Waals surface area contributed by atoms with Gasteiger partial charge in [-0.25, -0.2) is 0 Å². The summed E-state index contributed by atoms with van der Waals surface area (Å²) in [4.78, 5) is 26.0. The number of fused-ring (bicyclic) bond motifs is 2. The van der Waals surface area contributed by atoms with Crippen molar-refractivity contribution in [3.63, 3.8) is 0 Å². The highest BCUT2D eigenvalue weighted by molar-refractivity contribution is 6.38. The van der Waals surface area contributed by atoms with Crippen molar-refractivity contribution >= 4 is 29.1 Å². The van der Waals surface area contributed by atoms with Crippen LogP contribution in [0, 0.1) is 0 Å². The first-order valence-corrected chi connectivity index (χ1v) is 6.94. The van der Waals surface area contributed by atoms with Crippen LogP contribution in [0.3, 0.4) is 0 Å². The van der Waals surface area contributed by atoms with Crippen molar-refractivity contribution in [2.75, 3.05) is 11.9 Å². The number of benzene rings is 1. The summed E-state index contributed by atoms with van der Waals surface area (Å²) < 4.78 is 0. The lowest BCUT2D eigenvalue weighted by molar-refractivity contribution is -0.163. The molecule has 1 N–H and O–H groups in total. The molecule has 100 valence electrons. The Labute approximate surface area is 116 Å². The average Bonchev–Trinajstić information content (AvgIpc) is 2.73. The Balaban J connectivity index is 2.06. The molecule has 4 nitrogen and oxygen atoms in total. The Kier molecular flexibility index (Phi) is 2.78. The van der Waals surface area contributed by atoms with Crippen molar-refractivity contribution in [2.24, 2.45) is 0 Å². The summed E-state index contributed by atoms with van der Waals surface area (Å²) in [5.41, 5.74) is 0.576. The van der Waals surface area contributed by atoms with Crippen LogP contribution in [0.25, 0.3) is 0 Å². The quantitative estimate of drug-likeness (QED) is 0.680. The molecule has 1 fully saturated rings. The number of nitrogens with zero attached hydrogens (tertiary/aromatic N) is 1. The van der Waals surface area contributed by atoms with Gasteiger partial charge >= 0.3 is 0 Å². The number of anilines is 1. The number of β-lactam (4-membered cyclic amide) rings is 1. The summed E-state index contributed by atoms with van der Waals surface area (Å²) >= 11 is 6.21. The second-order valence-corrected chi connectivity index (χ2v) is 5.41. The van der Waals surface area contributed by atoms with Gasteiger partial charge in [0.2, 0.25) is 5.91 Å². The van der Waals surface area contributed by atoms with Crippen molar-refractivity contribution in [2.45, 2.75) is 30.7 Å². The fourth-order valence-corrected chi connectivity index (χ4v) is 3.40. The Morgan fingerprint density at radius 3 is 2.84 bits per heavy atom. The van der Waals surface area contributed by atoms with Crippen molar-refractivity contribution in [1.29, 1.82) is 0 Å². The van der Waals surface area contributed by atoms with Crippen molar-refractivity contribution in [3.05, 3.63) is 29.8 Å². The fraction of sp³-hybridized carbons (Fsp3) is 0.429. The number of alkyl halides is 1. The predicted octanol–water partition coefficient (Wildman–Crippen LogP) is 2.08. The normalized spacial score (nSPS) is 28.3. The molecule has 0 saturated carbocycles. The highest BCUT2D eigenvalue weighted by Gasteiger charge is 2.68. The van der Waals surface area contributed by atoms with Crippen molar-refractivity contribution in [1.82, 2.24) is 4.90 Å². The van der Waals surface area contributed by atoms with Crippen molar-refractivity contribution in [3.8, 4) is 0 Å². The van der Waals surface area contributed by atoms with Gasteiger partial charge < -0.3 is 10.2 Å². The van der Waals surface area contributed by atoms with E-state index >= 15 is 0 Å². The second-order valence-electron chi connectivity index (χ2n) is 4.97. The van der Waals surface area contributed by atoms with E-state index in [2.05, 4.69) is 12.2 Å². The number of carbonyl (C=O) groups is 2. The smallest absolute Gasteiger partial charge is 0.257 e. The molecule has 3 rings (SSSR count). The van der Waals surface area contributed by atoms with E-state index in [-0.39, 0.29) is 11.8 Å². The first-order valence-electron chi connectivity index (χ1n) is 6.50. The van der Waals surface area contributed by atoms with Crippen LogP contribution >= 0.6 is 11.6 Å². The predicted molar refractivity (Wildman–Crippen MR) is 73.0 cm³/mol. The van der Waals surface area contributed by atoms with Gasteiger partial charge in [0.25, 0.3) is 5.91 Å². The Hall–Kier alpha value is -1.55. The first kappa shape index (κ1) is 12.5. The lowest BCUT2D eigenvalue weighted by Gasteiger charge is -2.51. The molecule has 1 aromatic carbocycles. The molecule has 5 heteroatoms. The largest absolute Gasteiger partial charge is 0.323 e. The van der Waals surface area contributed by atoms with E-state index in [1.807, 2.05) is 24.3 Å². The van der Waals surface area contributed by atoms with Gasteiger partial charge in [0, 0.05) is 17.8 Å². The van der Waals surface area contributed by atoms with Gasteiger partial charge in [-0.3, -0.25) is 9.59 Å². The lowest BCUT2D eigenvalue weighted by atomic mass is 9.77. The Bertz CT molecular complexity index is 560. The maximum atomic E-state index is 12.4. The molecule has 1 aromatic rings. The minimum absolute atomic E-state index is 0.151. The third-order valence-electron chi connectivity index (χ3n) is 3.94. The maximum absolute atomic E-state index is 12.4. The van der Waals surface area contributed by atoms with Crippen LogP contribution < -0.4 is 5.32 Å². The van der Waals surface area contributed by atoms with Crippen LogP contribution in [0.5, 0.6) is 0 Å². The number of rotatable bonds is 3. The number of nitrogens with one attached hydrogen (secondary N) is 1. The van der Waals surface area contributed by atoms with Gasteiger partial charge in [0.15, 0.2) is 5.54 Å². The first-order chi connectivity index (χ1) is 9.14. The van der Waals surface area contributed by atoms with E-state index in [9.17, 15) is 9.59 Å². The number of hydrogen-bond acceptors (Lipinski definition) is 2. The summed E-state index contributed by atoms with van der Waals surface area (Å²) in [6.45, 7) is 2.62. The van der Waals surface area contributed by atoms with Crippen LogP contribution in [-0.2, 0) is 15.1 Å². The molecule has 1 saturated heterocycles. The van der Waals surface area contributed by atoms with Crippen molar-refractivity contribution < 1.29 is 9.59 Å². The van der Waals surface area contributed by atoms with Gasteiger partial charge in [-0.2, -0.15) is 0 Å². The van der Waals surface area contributed by atoms with Gasteiger partial charge in [0.05, 0.1) is 0 Å². The number of para-hydroxylation sites is 1. The summed E-state index contributed by atoms with van der Waals surface area (Å²) in [5.74, 6) is -0.341. The zero-order valence-electron chi connectivity index (χ0n) is 10.6. The molecule has 19 heavy (non-hydrogen) atoms. The molecule has 0 aromatic heterocycles. The van der Waals surface area contributed by atoms with Crippen LogP contribution in [0.15, 0.2) is 24.3 Å². The second kappa shape index (κ2) is 4.23. The van der Waals surface area contributed by atoms with Crippen LogP contribution in [0.1, 0.15) is 25.3 Å². The third kappa shape index (κ3) is 1.40. The van der Waals surface area contributed by atoms with E-state index in [0.717, 1.165) is 24.1 Å². The van der Waals surface area contributed by atoms with Gasteiger partial charge in [-0.15, -0.1) is 11.6 Å². The Morgan fingerprint density at radius 2 is 2.11 bits per heavy atom. The van der Waals surface area contributed by atoms with Gasteiger partial charge in [0.1, 0.15) is 5.38 Å². The van der Waals surface area contributed by atoms with Crippen LogP contribution in [0.4, 0.5) is 5.69 Å². The Morgan fingerprint density at radius 1 is 1.37 bits per heavy atom. The number of unbranched alkanes of at least 4 members (excludes halogenated alkanes) is 1. The molecule has 2 aliphatic rings. The molecule has 2 amide bonds. The van der Waals surface area contributed by atoms with E-state index < -0.39 is 10.9 Å². The number of amides is 2.